The average Bonchev–Trinajstić information content (AvgIpc) is 2.79. The highest BCUT2D eigenvalue weighted by molar-refractivity contribution is 5.93. The fourth-order valence-electron chi connectivity index (χ4n) is 5.08. The van der Waals surface area contributed by atoms with Gasteiger partial charge in [0.1, 0.15) is 23.3 Å². The van der Waals surface area contributed by atoms with Crippen molar-refractivity contribution < 1.29 is 19.1 Å². The number of aromatic nitrogens is 3. The molecule has 38 heavy (non-hydrogen) atoms. The maximum Gasteiger partial charge on any atom is 0.340 e. The Bertz CT molecular complexity index is 1410. The minimum atomic E-state index is -0.609. The predicted molar refractivity (Wildman–Crippen MR) is 143 cm³/mol. The summed E-state index contributed by atoms with van der Waals surface area (Å²) in [6, 6.07) is 5.40. The summed E-state index contributed by atoms with van der Waals surface area (Å²) in [7, 11) is 0. The van der Waals surface area contributed by atoms with E-state index in [0.717, 1.165) is 29.2 Å². The molecule has 0 bridgehead atoms. The van der Waals surface area contributed by atoms with Crippen LogP contribution in [-0.2, 0) is 21.5 Å². The smallest absolute Gasteiger partial charge is 0.340 e. The van der Waals surface area contributed by atoms with E-state index in [1.807, 2.05) is 26.8 Å². The molecule has 1 unspecified atom stereocenters. The number of hydrogen-bond donors (Lipinski definition) is 2. The van der Waals surface area contributed by atoms with Gasteiger partial charge in [-0.25, -0.2) is 19.7 Å². The van der Waals surface area contributed by atoms with E-state index in [2.05, 4.69) is 27.2 Å². The quantitative estimate of drug-likeness (QED) is 0.448. The summed E-state index contributed by atoms with van der Waals surface area (Å²) in [6.07, 6.45) is 5.62. The van der Waals surface area contributed by atoms with Crippen LogP contribution in [0.5, 0.6) is 5.88 Å². The summed E-state index contributed by atoms with van der Waals surface area (Å²) in [5, 5.41) is 4.92. The molecule has 0 aromatic carbocycles. The molecule has 1 atom stereocenters. The molecule has 5 heterocycles. The average molecular weight is 519 g/mol. The molecule has 3 aromatic rings. The Morgan fingerprint density at radius 2 is 2.00 bits per heavy atom. The van der Waals surface area contributed by atoms with Gasteiger partial charge in [-0.05, 0) is 56.3 Å². The Labute approximate surface area is 221 Å². The molecule has 10 nitrogen and oxygen atoms in total. The third-order valence-corrected chi connectivity index (χ3v) is 7.10. The van der Waals surface area contributed by atoms with Crippen LogP contribution in [0.4, 0.5) is 11.6 Å². The zero-order chi connectivity index (χ0) is 27.2. The Hall–Kier alpha value is -3.79. The monoisotopic (exact) mass is 518 g/mol. The van der Waals surface area contributed by atoms with Gasteiger partial charge >= 0.3 is 5.97 Å². The number of fused-ring (bicyclic) bond motifs is 2. The Morgan fingerprint density at radius 1 is 1.24 bits per heavy atom. The Kier molecular flexibility index (Phi) is 6.46. The van der Waals surface area contributed by atoms with Crippen molar-refractivity contribution in [3.05, 3.63) is 47.4 Å². The lowest BCUT2D eigenvalue weighted by Crippen LogP contribution is -2.55. The molecular formula is C28H34N6O4. The number of esters is 1. The highest BCUT2D eigenvalue weighted by atomic mass is 16.6. The van der Waals surface area contributed by atoms with E-state index in [4.69, 9.17) is 15.2 Å². The number of anilines is 2. The van der Waals surface area contributed by atoms with Gasteiger partial charge in [0, 0.05) is 31.3 Å². The van der Waals surface area contributed by atoms with Crippen molar-refractivity contribution >= 4 is 34.3 Å². The summed E-state index contributed by atoms with van der Waals surface area (Å²) < 4.78 is 11.6. The number of carbonyl (C=O) groups is 2. The lowest BCUT2D eigenvalue weighted by Gasteiger charge is -2.38. The molecule has 1 fully saturated rings. The number of pyridine rings is 3. The van der Waals surface area contributed by atoms with Gasteiger partial charge < -0.3 is 25.4 Å². The van der Waals surface area contributed by atoms with Crippen molar-refractivity contribution in [2.75, 3.05) is 18.4 Å². The first-order valence-corrected chi connectivity index (χ1v) is 13.0. The van der Waals surface area contributed by atoms with Crippen molar-refractivity contribution in [2.24, 2.45) is 5.73 Å². The Balaban J connectivity index is 1.48. The van der Waals surface area contributed by atoms with E-state index in [9.17, 15) is 9.59 Å². The second-order valence-corrected chi connectivity index (χ2v) is 11.1. The molecule has 0 aliphatic carbocycles. The number of nitrogens with two attached hydrogens (primary N) is 1. The van der Waals surface area contributed by atoms with Gasteiger partial charge in [0.15, 0.2) is 0 Å². The van der Waals surface area contributed by atoms with Gasteiger partial charge in [0.2, 0.25) is 11.8 Å². The first-order valence-electron chi connectivity index (χ1n) is 13.0. The summed E-state index contributed by atoms with van der Waals surface area (Å²) >= 11 is 0. The van der Waals surface area contributed by atoms with Crippen molar-refractivity contribution in [3.8, 4) is 5.88 Å². The zero-order valence-electron chi connectivity index (χ0n) is 22.5. The number of carbonyl (C=O) groups excluding carboxylic acids is 2. The van der Waals surface area contributed by atoms with Crippen LogP contribution in [-0.4, -0.2) is 56.5 Å². The van der Waals surface area contributed by atoms with Crippen LogP contribution in [0.15, 0.2) is 30.6 Å². The predicted octanol–water partition coefficient (Wildman–Crippen LogP) is 3.84. The van der Waals surface area contributed by atoms with Gasteiger partial charge in [-0.2, -0.15) is 0 Å². The first-order chi connectivity index (χ1) is 18.0. The number of nitrogens with one attached hydrogen (secondary N) is 1. The first kappa shape index (κ1) is 25.8. The maximum absolute atomic E-state index is 12.3. The Morgan fingerprint density at radius 3 is 2.71 bits per heavy atom. The summed E-state index contributed by atoms with van der Waals surface area (Å²) in [5.74, 6) is 1.30. The normalized spacial score (nSPS) is 18.3. The number of ether oxygens (including phenoxy) is 2. The van der Waals surface area contributed by atoms with Crippen LogP contribution in [0.2, 0.25) is 0 Å². The van der Waals surface area contributed by atoms with Crippen LogP contribution < -0.4 is 15.8 Å². The van der Waals surface area contributed by atoms with E-state index in [1.165, 1.54) is 0 Å². The SMILES string of the molecule is CCCC(C)(N)c1cnc(OC2CN(C(C)=O)C2)c2cnc(Nc3ccc4c(n3)CC(C)(C)OC4=O)cc12. The summed E-state index contributed by atoms with van der Waals surface area (Å²) in [6.45, 7) is 10.5. The van der Waals surface area contributed by atoms with E-state index >= 15 is 0 Å². The minimum Gasteiger partial charge on any atom is -0.470 e. The molecule has 200 valence electrons. The van der Waals surface area contributed by atoms with E-state index in [0.29, 0.717) is 48.3 Å². The largest absolute Gasteiger partial charge is 0.470 e. The number of amides is 1. The maximum atomic E-state index is 12.3. The van der Waals surface area contributed by atoms with Gasteiger partial charge in [-0.3, -0.25) is 4.79 Å². The molecule has 2 aliphatic heterocycles. The number of likely N-dealkylation sites (tertiary alicyclic amines) is 1. The van der Waals surface area contributed by atoms with Crippen LogP contribution in [0.3, 0.4) is 0 Å². The number of rotatable bonds is 7. The van der Waals surface area contributed by atoms with Gasteiger partial charge in [-0.1, -0.05) is 13.3 Å². The lowest BCUT2D eigenvalue weighted by molar-refractivity contribution is -0.137. The third-order valence-electron chi connectivity index (χ3n) is 7.10. The highest BCUT2D eigenvalue weighted by Gasteiger charge is 2.34. The minimum absolute atomic E-state index is 0.0325. The molecule has 10 heteroatoms. The van der Waals surface area contributed by atoms with Crippen LogP contribution in [0.25, 0.3) is 10.8 Å². The molecule has 3 N–H and O–H groups in total. The second kappa shape index (κ2) is 9.50. The zero-order valence-corrected chi connectivity index (χ0v) is 22.5. The van der Waals surface area contributed by atoms with Crippen LogP contribution in [0.1, 0.15) is 69.1 Å². The third kappa shape index (κ3) is 5.00. The molecule has 0 radical (unpaired) electrons. The van der Waals surface area contributed by atoms with E-state index in [-0.39, 0.29) is 18.0 Å². The molecule has 5 rings (SSSR count). The molecule has 0 spiro atoms. The van der Waals surface area contributed by atoms with Crippen LogP contribution >= 0.6 is 0 Å². The van der Waals surface area contributed by atoms with Crippen molar-refractivity contribution in [1.29, 1.82) is 0 Å². The highest BCUT2D eigenvalue weighted by Crippen LogP contribution is 2.36. The molecule has 1 saturated heterocycles. The fraction of sp³-hybridized carbons (Fsp3) is 0.464. The van der Waals surface area contributed by atoms with Gasteiger partial charge in [-0.15, -0.1) is 0 Å². The fourth-order valence-corrected chi connectivity index (χ4v) is 5.08. The lowest BCUT2D eigenvalue weighted by atomic mass is 9.87. The summed E-state index contributed by atoms with van der Waals surface area (Å²) in [4.78, 5) is 39.5. The molecule has 0 saturated carbocycles. The molecule has 2 aliphatic rings. The number of cyclic esters (lactones) is 1. The second-order valence-electron chi connectivity index (χ2n) is 11.1. The van der Waals surface area contributed by atoms with Crippen molar-refractivity contribution in [1.82, 2.24) is 19.9 Å². The van der Waals surface area contributed by atoms with E-state index < -0.39 is 11.1 Å². The van der Waals surface area contributed by atoms with E-state index in [1.54, 1.807) is 36.4 Å². The molecular weight excluding hydrogens is 484 g/mol. The van der Waals surface area contributed by atoms with Crippen molar-refractivity contribution in [2.45, 2.75) is 71.1 Å². The number of nitrogens with zero attached hydrogens (tertiary/aromatic N) is 4. The summed E-state index contributed by atoms with van der Waals surface area (Å²) in [5.41, 5.74) is 7.61. The van der Waals surface area contributed by atoms with Gasteiger partial charge in [0.25, 0.3) is 0 Å². The molecule has 1 amide bonds. The number of hydrogen-bond acceptors (Lipinski definition) is 9. The molecule has 3 aromatic heterocycles. The topological polar surface area (TPSA) is 133 Å². The van der Waals surface area contributed by atoms with Gasteiger partial charge in [0.05, 0.1) is 29.7 Å². The van der Waals surface area contributed by atoms with Crippen molar-refractivity contribution in [3.63, 3.8) is 0 Å². The standard InChI is InChI=1S/C28H34N6O4/c1-6-9-28(5,29)21-13-31-25(37-17-14-34(15-17)16(2)35)20-12-30-24(10-19(20)21)33-23-8-7-18-22(32-23)11-27(3,4)38-26(18)36/h7-8,10,12-13,17H,6,9,11,14-15,29H2,1-5H3,(H,30,32,33). The van der Waals surface area contributed by atoms with Crippen LogP contribution in [0, 0.1) is 0 Å².